The SMILES string of the molecule is CSc1cccc(NC(C)c2ccccc2)c1C#N. The van der Waals surface area contributed by atoms with Crippen LogP contribution in [-0.4, -0.2) is 6.26 Å². The van der Waals surface area contributed by atoms with Crippen LogP contribution in [0.2, 0.25) is 0 Å². The maximum Gasteiger partial charge on any atom is 0.102 e. The zero-order chi connectivity index (χ0) is 13.7. The fourth-order valence-corrected chi connectivity index (χ4v) is 2.57. The van der Waals surface area contributed by atoms with Gasteiger partial charge in [0, 0.05) is 10.9 Å². The average molecular weight is 268 g/mol. The molecule has 0 radical (unpaired) electrons. The topological polar surface area (TPSA) is 35.8 Å². The quantitative estimate of drug-likeness (QED) is 0.832. The van der Waals surface area contributed by atoms with Gasteiger partial charge in [0.2, 0.25) is 0 Å². The van der Waals surface area contributed by atoms with Gasteiger partial charge in [-0.15, -0.1) is 11.8 Å². The summed E-state index contributed by atoms with van der Waals surface area (Å²) in [7, 11) is 0. The van der Waals surface area contributed by atoms with Gasteiger partial charge in [0.1, 0.15) is 6.07 Å². The Morgan fingerprint density at radius 1 is 1.11 bits per heavy atom. The zero-order valence-electron chi connectivity index (χ0n) is 11.1. The summed E-state index contributed by atoms with van der Waals surface area (Å²) in [6, 6.07) is 18.6. The molecule has 1 atom stereocenters. The molecule has 0 heterocycles. The van der Waals surface area contributed by atoms with Crippen LogP contribution < -0.4 is 5.32 Å². The van der Waals surface area contributed by atoms with E-state index in [4.69, 9.17) is 0 Å². The van der Waals surface area contributed by atoms with Gasteiger partial charge in [0.05, 0.1) is 11.3 Å². The molecule has 2 rings (SSSR count). The van der Waals surface area contributed by atoms with Crippen LogP contribution in [-0.2, 0) is 0 Å². The summed E-state index contributed by atoms with van der Waals surface area (Å²) in [6.45, 7) is 2.10. The molecule has 0 amide bonds. The Bertz CT molecular complexity index is 587. The zero-order valence-corrected chi connectivity index (χ0v) is 11.9. The minimum absolute atomic E-state index is 0.172. The highest BCUT2D eigenvalue weighted by atomic mass is 32.2. The van der Waals surface area contributed by atoms with Gasteiger partial charge in [-0.3, -0.25) is 0 Å². The summed E-state index contributed by atoms with van der Waals surface area (Å²) in [5.41, 5.74) is 2.82. The first-order chi connectivity index (χ1) is 9.26. The van der Waals surface area contributed by atoms with Gasteiger partial charge in [-0.1, -0.05) is 36.4 Å². The summed E-state index contributed by atoms with van der Waals surface area (Å²) in [5, 5.41) is 12.7. The van der Waals surface area contributed by atoms with Crippen molar-refractivity contribution < 1.29 is 0 Å². The largest absolute Gasteiger partial charge is 0.377 e. The van der Waals surface area contributed by atoms with E-state index < -0.39 is 0 Å². The van der Waals surface area contributed by atoms with Crippen molar-refractivity contribution in [2.24, 2.45) is 0 Å². The molecule has 0 aromatic heterocycles. The van der Waals surface area contributed by atoms with Gasteiger partial charge < -0.3 is 5.32 Å². The lowest BCUT2D eigenvalue weighted by Gasteiger charge is -2.17. The van der Waals surface area contributed by atoms with Crippen molar-refractivity contribution in [1.29, 1.82) is 5.26 Å². The van der Waals surface area contributed by atoms with E-state index in [1.54, 1.807) is 11.8 Å². The van der Waals surface area contributed by atoms with E-state index in [0.29, 0.717) is 0 Å². The maximum atomic E-state index is 9.31. The van der Waals surface area contributed by atoms with E-state index in [2.05, 4.69) is 30.4 Å². The highest BCUT2D eigenvalue weighted by molar-refractivity contribution is 7.98. The fourth-order valence-electron chi connectivity index (χ4n) is 2.00. The first kappa shape index (κ1) is 13.5. The lowest BCUT2D eigenvalue weighted by atomic mass is 10.1. The first-order valence-electron chi connectivity index (χ1n) is 6.15. The molecular weight excluding hydrogens is 252 g/mol. The van der Waals surface area contributed by atoms with E-state index in [1.807, 2.05) is 42.7 Å². The summed E-state index contributed by atoms with van der Waals surface area (Å²) >= 11 is 1.59. The van der Waals surface area contributed by atoms with Crippen LogP contribution in [0.15, 0.2) is 53.4 Å². The Balaban J connectivity index is 2.27. The van der Waals surface area contributed by atoms with Crippen molar-refractivity contribution in [2.45, 2.75) is 17.9 Å². The second-order valence-corrected chi connectivity index (χ2v) is 5.12. The van der Waals surface area contributed by atoms with Gasteiger partial charge in [0.15, 0.2) is 0 Å². The van der Waals surface area contributed by atoms with E-state index in [-0.39, 0.29) is 6.04 Å². The van der Waals surface area contributed by atoms with Crippen molar-refractivity contribution in [2.75, 3.05) is 11.6 Å². The lowest BCUT2D eigenvalue weighted by Crippen LogP contribution is -2.08. The fraction of sp³-hybridized carbons (Fsp3) is 0.188. The summed E-state index contributed by atoms with van der Waals surface area (Å²) < 4.78 is 0. The molecule has 2 aromatic carbocycles. The van der Waals surface area contributed by atoms with Crippen LogP contribution in [0.25, 0.3) is 0 Å². The summed E-state index contributed by atoms with van der Waals surface area (Å²) in [6.07, 6.45) is 1.99. The molecule has 0 saturated heterocycles. The number of thioether (sulfide) groups is 1. The molecule has 0 spiro atoms. The molecule has 0 bridgehead atoms. The number of nitrogens with one attached hydrogen (secondary N) is 1. The highest BCUT2D eigenvalue weighted by Crippen LogP contribution is 2.28. The van der Waals surface area contributed by atoms with E-state index >= 15 is 0 Å². The Kier molecular flexibility index (Phi) is 4.48. The van der Waals surface area contributed by atoms with Crippen molar-refractivity contribution in [3.63, 3.8) is 0 Å². The number of hydrogen-bond donors (Lipinski definition) is 1. The Labute approximate surface area is 118 Å². The monoisotopic (exact) mass is 268 g/mol. The van der Waals surface area contributed by atoms with Gasteiger partial charge in [-0.05, 0) is 30.9 Å². The Morgan fingerprint density at radius 3 is 2.47 bits per heavy atom. The second kappa shape index (κ2) is 6.31. The summed E-state index contributed by atoms with van der Waals surface area (Å²) in [4.78, 5) is 1.01. The third-order valence-electron chi connectivity index (χ3n) is 3.03. The number of anilines is 1. The first-order valence-corrected chi connectivity index (χ1v) is 7.37. The molecule has 1 unspecified atom stereocenters. The van der Waals surface area contributed by atoms with E-state index in [0.717, 1.165) is 16.1 Å². The molecule has 0 fully saturated rings. The second-order valence-electron chi connectivity index (χ2n) is 4.27. The standard InChI is InChI=1S/C16H16N2S/c1-12(13-7-4-3-5-8-13)18-15-9-6-10-16(19-2)14(15)11-17/h3-10,12,18H,1-2H3. The van der Waals surface area contributed by atoms with Crippen LogP contribution in [0, 0.1) is 11.3 Å². The minimum atomic E-state index is 0.172. The molecule has 0 aliphatic carbocycles. The molecule has 2 aromatic rings. The number of benzene rings is 2. The van der Waals surface area contributed by atoms with Crippen molar-refractivity contribution >= 4 is 17.4 Å². The molecule has 96 valence electrons. The molecule has 19 heavy (non-hydrogen) atoms. The van der Waals surface area contributed by atoms with E-state index in [9.17, 15) is 5.26 Å². The normalized spacial score (nSPS) is 11.6. The maximum absolute atomic E-state index is 9.31. The molecule has 2 nitrogen and oxygen atoms in total. The number of nitrogens with zero attached hydrogens (tertiary/aromatic N) is 1. The number of nitriles is 1. The van der Waals surface area contributed by atoms with Crippen molar-refractivity contribution in [3.8, 4) is 6.07 Å². The van der Waals surface area contributed by atoms with Crippen LogP contribution in [0.5, 0.6) is 0 Å². The van der Waals surface area contributed by atoms with Crippen LogP contribution in [0.4, 0.5) is 5.69 Å². The highest BCUT2D eigenvalue weighted by Gasteiger charge is 2.10. The van der Waals surface area contributed by atoms with Gasteiger partial charge in [-0.2, -0.15) is 5.26 Å². The number of hydrogen-bond acceptors (Lipinski definition) is 3. The number of rotatable bonds is 4. The van der Waals surface area contributed by atoms with Gasteiger partial charge >= 0.3 is 0 Å². The average Bonchev–Trinajstić information content (AvgIpc) is 2.47. The Hall–Kier alpha value is -1.92. The Morgan fingerprint density at radius 2 is 1.84 bits per heavy atom. The molecular formula is C16H16N2S. The smallest absolute Gasteiger partial charge is 0.102 e. The van der Waals surface area contributed by atoms with Crippen LogP contribution >= 0.6 is 11.8 Å². The predicted molar refractivity (Wildman–Crippen MR) is 81.4 cm³/mol. The van der Waals surface area contributed by atoms with E-state index in [1.165, 1.54) is 5.56 Å². The van der Waals surface area contributed by atoms with Crippen molar-refractivity contribution in [1.82, 2.24) is 0 Å². The summed E-state index contributed by atoms with van der Waals surface area (Å²) in [5.74, 6) is 0. The minimum Gasteiger partial charge on any atom is -0.377 e. The van der Waals surface area contributed by atoms with Gasteiger partial charge in [0.25, 0.3) is 0 Å². The van der Waals surface area contributed by atoms with Crippen LogP contribution in [0.1, 0.15) is 24.1 Å². The molecule has 0 aliphatic heterocycles. The predicted octanol–water partition coefficient (Wildman–Crippen LogP) is 4.45. The molecule has 1 N–H and O–H groups in total. The third-order valence-corrected chi connectivity index (χ3v) is 3.81. The van der Waals surface area contributed by atoms with Gasteiger partial charge in [-0.25, -0.2) is 0 Å². The molecule has 3 heteroatoms. The molecule has 0 aliphatic rings. The molecule has 0 saturated carbocycles. The van der Waals surface area contributed by atoms with Crippen LogP contribution in [0.3, 0.4) is 0 Å². The lowest BCUT2D eigenvalue weighted by molar-refractivity contribution is 0.883. The van der Waals surface area contributed by atoms with Crippen molar-refractivity contribution in [3.05, 3.63) is 59.7 Å². The third kappa shape index (κ3) is 3.10.